The minimum Gasteiger partial charge on any atom is -0.465 e. The lowest BCUT2D eigenvalue weighted by molar-refractivity contribution is -0.147. The molecule has 1 aliphatic rings. The molecule has 5 nitrogen and oxygen atoms in total. The minimum absolute atomic E-state index is 0.0437. The van der Waals surface area contributed by atoms with Gasteiger partial charge in [-0.1, -0.05) is 29.8 Å². The molecule has 1 aromatic heterocycles. The molecule has 9 heteroatoms. The number of carbonyl (C=O) groups is 1. The molecule has 132 valence electrons. The van der Waals surface area contributed by atoms with Gasteiger partial charge >= 0.3 is 12.1 Å². The number of fused-ring (bicyclic) bond motifs is 1. The minimum atomic E-state index is -4.81. The molecule has 0 radical (unpaired) electrons. The molecule has 2 heterocycles. The molecular formula is C16H13ClF3N3O2. The Morgan fingerprint density at radius 1 is 1.32 bits per heavy atom. The lowest BCUT2D eigenvalue weighted by Crippen LogP contribution is -2.42. The second-order valence-electron chi connectivity index (χ2n) is 5.40. The SMILES string of the molecule is CCOC(=O)C1C(C(F)(F)F)=Nc2[nH]ncc2C1c1ccccc1Cl. The summed E-state index contributed by atoms with van der Waals surface area (Å²) in [6, 6.07) is 6.43. The van der Waals surface area contributed by atoms with Gasteiger partial charge in [0.1, 0.15) is 11.6 Å². The Balaban J connectivity index is 2.24. The van der Waals surface area contributed by atoms with Gasteiger partial charge in [0.25, 0.3) is 0 Å². The topological polar surface area (TPSA) is 67.3 Å². The van der Waals surface area contributed by atoms with Gasteiger partial charge in [-0.2, -0.15) is 18.3 Å². The fraction of sp³-hybridized carbons (Fsp3) is 0.312. The molecule has 0 bridgehead atoms. The summed E-state index contributed by atoms with van der Waals surface area (Å²) in [7, 11) is 0. The van der Waals surface area contributed by atoms with Crippen molar-refractivity contribution >= 4 is 29.1 Å². The molecule has 0 amide bonds. The van der Waals surface area contributed by atoms with E-state index in [9.17, 15) is 18.0 Å². The predicted molar refractivity (Wildman–Crippen MR) is 85.2 cm³/mol. The van der Waals surface area contributed by atoms with Crippen molar-refractivity contribution in [3.05, 3.63) is 46.6 Å². The highest BCUT2D eigenvalue weighted by Gasteiger charge is 2.52. The largest absolute Gasteiger partial charge is 0.465 e. The lowest BCUT2D eigenvalue weighted by Gasteiger charge is -2.31. The van der Waals surface area contributed by atoms with Crippen molar-refractivity contribution in [2.24, 2.45) is 10.9 Å². The highest BCUT2D eigenvalue weighted by atomic mass is 35.5. The van der Waals surface area contributed by atoms with Gasteiger partial charge in [0.05, 0.1) is 12.8 Å². The summed E-state index contributed by atoms with van der Waals surface area (Å²) < 4.78 is 45.6. The number of esters is 1. The van der Waals surface area contributed by atoms with Crippen molar-refractivity contribution < 1.29 is 22.7 Å². The lowest BCUT2D eigenvalue weighted by atomic mass is 9.77. The average molecular weight is 372 g/mol. The molecule has 25 heavy (non-hydrogen) atoms. The zero-order valence-corrected chi connectivity index (χ0v) is 13.7. The van der Waals surface area contributed by atoms with Crippen LogP contribution < -0.4 is 0 Å². The number of hydrogen-bond acceptors (Lipinski definition) is 4. The first-order valence-corrected chi connectivity index (χ1v) is 7.82. The normalized spacial score (nSPS) is 20.0. The number of hydrogen-bond donors (Lipinski definition) is 1. The van der Waals surface area contributed by atoms with Crippen LogP contribution in [0.5, 0.6) is 0 Å². The second kappa shape index (κ2) is 6.51. The first-order chi connectivity index (χ1) is 11.8. The van der Waals surface area contributed by atoms with Gasteiger partial charge in [0, 0.05) is 16.5 Å². The number of alkyl halides is 3. The Labute approximate surface area is 145 Å². The third-order valence-electron chi connectivity index (χ3n) is 3.91. The van der Waals surface area contributed by atoms with E-state index < -0.39 is 29.7 Å². The van der Waals surface area contributed by atoms with Crippen LogP contribution in [-0.2, 0) is 9.53 Å². The van der Waals surface area contributed by atoms with Crippen LogP contribution in [-0.4, -0.2) is 34.7 Å². The molecule has 0 fully saturated rings. The van der Waals surface area contributed by atoms with E-state index in [-0.39, 0.29) is 17.4 Å². The first kappa shape index (κ1) is 17.5. The van der Waals surface area contributed by atoms with Gasteiger partial charge in [-0.3, -0.25) is 9.89 Å². The van der Waals surface area contributed by atoms with Gasteiger partial charge in [0.2, 0.25) is 0 Å². The third kappa shape index (κ3) is 3.13. The number of H-pyrrole nitrogens is 1. The quantitative estimate of drug-likeness (QED) is 0.828. The fourth-order valence-corrected chi connectivity index (χ4v) is 3.18. The molecule has 1 aliphatic heterocycles. The van der Waals surface area contributed by atoms with Crippen LogP contribution in [0.3, 0.4) is 0 Å². The Morgan fingerprint density at radius 2 is 2.04 bits per heavy atom. The summed E-state index contributed by atoms with van der Waals surface area (Å²) in [4.78, 5) is 16.0. The summed E-state index contributed by atoms with van der Waals surface area (Å²) in [5.74, 6) is -3.71. The Bertz CT molecular complexity index is 832. The first-order valence-electron chi connectivity index (χ1n) is 7.44. The van der Waals surface area contributed by atoms with E-state index in [0.29, 0.717) is 11.1 Å². The van der Waals surface area contributed by atoms with E-state index in [1.54, 1.807) is 24.3 Å². The molecule has 0 saturated heterocycles. The molecule has 3 rings (SSSR count). The van der Waals surface area contributed by atoms with E-state index in [1.165, 1.54) is 13.1 Å². The number of rotatable bonds is 3. The maximum absolute atomic E-state index is 13.6. The number of benzene rings is 1. The van der Waals surface area contributed by atoms with Gasteiger partial charge in [-0.05, 0) is 18.6 Å². The fourth-order valence-electron chi connectivity index (χ4n) is 2.93. The number of aromatic nitrogens is 2. The maximum atomic E-state index is 13.6. The van der Waals surface area contributed by atoms with Crippen molar-refractivity contribution in [2.45, 2.75) is 19.0 Å². The van der Waals surface area contributed by atoms with Crippen LogP contribution in [0.4, 0.5) is 19.0 Å². The molecule has 1 N–H and O–H groups in total. The summed E-state index contributed by atoms with van der Waals surface area (Å²) in [5.41, 5.74) is -0.492. The monoisotopic (exact) mass is 371 g/mol. The van der Waals surface area contributed by atoms with Crippen LogP contribution in [0.15, 0.2) is 35.5 Å². The summed E-state index contributed by atoms with van der Waals surface area (Å²) in [6.45, 7) is 1.48. The second-order valence-corrected chi connectivity index (χ2v) is 5.80. The number of aromatic amines is 1. The number of ether oxygens (including phenoxy) is 1. The van der Waals surface area contributed by atoms with E-state index in [2.05, 4.69) is 15.2 Å². The van der Waals surface area contributed by atoms with Gasteiger partial charge < -0.3 is 4.74 Å². The van der Waals surface area contributed by atoms with Gasteiger partial charge in [-0.15, -0.1) is 0 Å². The smallest absolute Gasteiger partial charge is 0.430 e. The number of halogens is 4. The molecule has 0 spiro atoms. The van der Waals surface area contributed by atoms with E-state index in [1.807, 2.05) is 0 Å². The van der Waals surface area contributed by atoms with Crippen molar-refractivity contribution in [3.8, 4) is 0 Å². The summed E-state index contributed by atoms with van der Waals surface area (Å²) in [5, 5.41) is 6.46. The van der Waals surface area contributed by atoms with Crippen LogP contribution in [0.1, 0.15) is 24.0 Å². The van der Waals surface area contributed by atoms with E-state index >= 15 is 0 Å². The zero-order chi connectivity index (χ0) is 18.2. The van der Waals surface area contributed by atoms with Crippen molar-refractivity contribution in [1.29, 1.82) is 0 Å². The third-order valence-corrected chi connectivity index (χ3v) is 4.26. The zero-order valence-electron chi connectivity index (χ0n) is 13.0. The van der Waals surface area contributed by atoms with E-state index in [4.69, 9.17) is 16.3 Å². The van der Waals surface area contributed by atoms with Gasteiger partial charge in [-0.25, -0.2) is 4.99 Å². The molecule has 2 aromatic rings. The maximum Gasteiger partial charge on any atom is 0.430 e. The highest BCUT2D eigenvalue weighted by molar-refractivity contribution is 6.31. The summed E-state index contributed by atoms with van der Waals surface area (Å²) >= 11 is 6.20. The number of carbonyl (C=O) groups excluding carboxylic acids is 1. The van der Waals surface area contributed by atoms with Crippen LogP contribution in [0, 0.1) is 5.92 Å². The Kier molecular flexibility index (Phi) is 4.55. The molecule has 0 saturated carbocycles. The van der Waals surface area contributed by atoms with Crippen LogP contribution in [0.2, 0.25) is 5.02 Å². The van der Waals surface area contributed by atoms with Crippen molar-refractivity contribution in [2.75, 3.05) is 6.61 Å². The highest BCUT2D eigenvalue weighted by Crippen LogP contribution is 2.46. The Morgan fingerprint density at radius 3 is 2.68 bits per heavy atom. The molecule has 2 unspecified atom stereocenters. The Hall–Kier alpha value is -2.35. The van der Waals surface area contributed by atoms with Crippen molar-refractivity contribution in [3.63, 3.8) is 0 Å². The average Bonchev–Trinajstić information content (AvgIpc) is 3.01. The van der Waals surface area contributed by atoms with Crippen LogP contribution >= 0.6 is 11.6 Å². The van der Waals surface area contributed by atoms with Gasteiger partial charge in [0.15, 0.2) is 5.82 Å². The summed E-state index contributed by atoms with van der Waals surface area (Å²) in [6.07, 6.45) is -3.45. The number of nitrogens with zero attached hydrogens (tertiary/aromatic N) is 2. The number of nitrogens with one attached hydrogen (secondary N) is 1. The standard InChI is InChI=1S/C16H13ClF3N3O2/c1-2-25-15(24)12-11(8-5-3-4-6-10(8)17)9-7-21-23-14(9)22-13(12)16(18,19)20/h3-7,11-12H,2H2,1H3,(H,21,23). The molecule has 0 aliphatic carbocycles. The molecule has 1 aromatic carbocycles. The van der Waals surface area contributed by atoms with E-state index in [0.717, 1.165) is 0 Å². The predicted octanol–water partition coefficient (Wildman–Crippen LogP) is 4.02. The van der Waals surface area contributed by atoms with Crippen LogP contribution in [0.25, 0.3) is 0 Å². The van der Waals surface area contributed by atoms with Crippen molar-refractivity contribution in [1.82, 2.24) is 10.2 Å². The molecular weight excluding hydrogens is 359 g/mol. The molecule has 2 atom stereocenters. The number of aliphatic imine (C=N–C) groups is 1.